The summed E-state index contributed by atoms with van der Waals surface area (Å²) in [4.78, 5) is 10.6. The second kappa shape index (κ2) is 3.85. The van der Waals surface area contributed by atoms with Crippen LogP contribution in [0.25, 0.3) is 0 Å². The molecule has 0 amide bonds. The Kier molecular flexibility index (Phi) is 2.75. The van der Waals surface area contributed by atoms with Crippen molar-refractivity contribution in [3.8, 4) is 0 Å². The summed E-state index contributed by atoms with van der Waals surface area (Å²) in [6.45, 7) is 1.81. The topological polar surface area (TPSA) is 96.6 Å². The minimum atomic E-state index is -3.77. The van der Waals surface area contributed by atoms with Crippen molar-refractivity contribution < 1.29 is 22.7 Å². The lowest BCUT2D eigenvalue weighted by molar-refractivity contribution is 0.0656. The van der Waals surface area contributed by atoms with Gasteiger partial charge in [0.2, 0.25) is 10.9 Å². The quantitative estimate of drug-likeness (QED) is 0.846. The van der Waals surface area contributed by atoms with Gasteiger partial charge in [-0.15, -0.1) is 0 Å². The lowest BCUT2D eigenvalue weighted by Gasteiger charge is -2.38. The van der Waals surface area contributed by atoms with Crippen LogP contribution in [0, 0.1) is 0 Å². The van der Waals surface area contributed by atoms with Gasteiger partial charge in [0.25, 0.3) is 10.0 Å². The number of carboxylic acids is 1. The fraction of sp³-hybridized carbons (Fsp3) is 0.500. The Bertz CT molecular complexity index is 541. The minimum Gasteiger partial charge on any atom is -0.475 e. The van der Waals surface area contributed by atoms with E-state index in [1.807, 2.05) is 6.92 Å². The fourth-order valence-electron chi connectivity index (χ4n) is 1.76. The van der Waals surface area contributed by atoms with Crippen molar-refractivity contribution in [2.24, 2.45) is 0 Å². The molecule has 17 heavy (non-hydrogen) atoms. The molecule has 6 nitrogen and oxygen atoms in total. The first-order chi connectivity index (χ1) is 7.82. The van der Waals surface area contributed by atoms with Crippen LogP contribution in [0.1, 0.15) is 36.7 Å². The van der Waals surface area contributed by atoms with Gasteiger partial charge >= 0.3 is 5.97 Å². The molecule has 1 heterocycles. The van der Waals surface area contributed by atoms with Gasteiger partial charge in [0, 0.05) is 5.54 Å². The standard InChI is InChI=1S/C10H13NO5S/c1-10(5-2-6-10)11-17(14,15)8-4-3-7(16-8)9(12)13/h3-4,11H,2,5-6H2,1H3,(H,12,13). The number of aromatic carboxylic acids is 1. The Hall–Kier alpha value is -1.34. The second-order valence-corrected chi connectivity index (χ2v) is 6.06. The van der Waals surface area contributed by atoms with Crippen LogP contribution in [0.15, 0.2) is 21.6 Å². The highest BCUT2D eigenvalue weighted by Crippen LogP contribution is 2.32. The van der Waals surface area contributed by atoms with Crippen molar-refractivity contribution in [1.29, 1.82) is 0 Å². The van der Waals surface area contributed by atoms with Crippen LogP contribution in [-0.4, -0.2) is 25.0 Å². The molecule has 0 radical (unpaired) electrons. The van der Waals surface area contributed by atoms with E-state index in [1.165, 1.54) is 0 Å². The molecule has 1 aliphatic rings. The fourth-order valence-corrected chi connectivity index (χ4v) is 3.16. The highest BCUT2D eigenvalue weighted by atomic mass is 32.2. The van der Waals surface area contributed by atoms with Gasteiger partial charge in [0.1, 0.15) is 0 Å². The SMILES string of the molecule is CC1(NS(=O)(=O)c2ccc(C(=O)O)o2)CCC1. The summed E-state index contributed by atoms with van der Waals surface area (Å²) in [6, 6.07) is 2.27. The van der Waals surface area contributed by atoms with E-state index in [-0.39, 0.29) is 10.9 Å². The molecule has 0 atom stereocenters. The van der Waals surface area contributed by atoms with Crippen molar-refractivity contribution in [1.82, 2.24) is 4.72 Å². The lowest BCUT2D eigenvalue weighted by Crippen LogP contribution is -2.50. The molecule has 2 rings (SSSR count). The summed E-state index contributed by atoms with van der Waals surface area (Å²) in [5.74, 6) is -1.68. The summed E-state index contributed by atoms with van der Waals surface area (Å²) in [7, 11) is -3.77. The Morgan fingerprint density at radius 3 is 2.53 bits per heavy atom. The van der Waals surface area contributed by atoms with Gasteiger partial charge < -0.3 is 9.52 Å². The Morgan fingerprint density at radius 1 is 1.47 bits per heavy atom. The number of carbonyl (C=O) groups is 1. The molecule has 7 heteroatoms. The normalized spacial score (nSPS) is 18.6. The first-order valence-electron chi connectivity index (χ1n) is 5.20. The lowest BCUT2D eigenvalue weighted by atomic mass is 9.80. The Balaban J connectivity index is 2.22. The highest BCUT2D eigenvalue weighted by Gasteiger charge is 2.37. The maximum atomic E-state index is 11.9. The molecule has 0 aliphatic heterocycles. The number of rotatable bonds is 4. The molecule has 0 saturated heterocycles. The van der Waals surface area contributed by atoms with E-state index < -0.39 is 21.5 Å². The number of sulfonamides is 1. The maximum absolute atomic E-state index is 11.9. The number of nitrogens with one attached hydrogen (secondary N) is 1. The van der Waals surface area contributed by atoms with Crippen LogP contribution in [0.2, 0.25) is 0 Å². The maximum Gasteiger partial charge on any atom is 0.371 e. The number of furan rings is 1. The van der Waals surface area contributed by atoms with E-state index in [4.69, 9.17) is 9.52 Å². The van der Waals surface area contributed by atoms with Gasteiger partial charge in [0.15, 0.2) is 0 Å². The van der Waals surface area contributed by atoms with E-state index in [2.05, 4.69) is 4.72 Å². The predicted molar refractivity (Wildman–Crippen MR) is 58.2 cm³/mol. The summed E-state index contributed by atoms with van der Waals surface area (Å²) < 4.78 is 31.1. The summed E-state index contributed by atoms with van der Waals surface area (Å²) >= 11 is 0. The smallest absolute Gasteiger partial charge is 0.371 e. The van der Waals surface area contributed by atoms with Crippen LogP contribution in [-0.2, 0) is 10.0 Å². The number of hydrogen-bond donors (Lipinski definition) is 2. The Labute approximate surface area is 98.7 Å². The molecule has 94 valence electrons. The van der Waals surface area contributed by atoms with E-state index in [9.17, 15) is 13.2 Å². The van der Waals surface area contributed by atoms with Gasteiger partial charge in [-0.3, -0.25) is 0 Å². The first kappa shape index (κ1) is 12.1. The van der Waals surface area contributed by atoms with Crippen LogP contribution in [0.5, 0.6) is 0 Å². The molecule has 1 saturated carbocycles. The summed E-state index contributed by atoms with van der Waals surface area (Å²) in [6.07, 6.45) is 2.54. The second-order valence-electron chi connectivity index (χ2n) is 4.44. The van der Waals surface area contributed by atoms with Gasteiger partial charge in [0.05, 0.1) is 0 Å². The highest BCUT2D eigenvalue weighted by molar-refractivity contribution is 7.89. The van der Waals surface area contributed by atoms with E-state index >= 15 is 0 Å². The van der Waals surface area contributed by atoms with Crippen molar-refractivity contribution in [2.45, 2.75) is 36.8 Å². The van der Waals surface area contributed by atoms with Gasteiger partial charge in [-0.2, -0.15) is 0 Å². The zero-order valence-electron chi connectivity index (χ0n) is 9.26. The molecule has 0 unspecified atom stereocenters. The van der Waals surface area contributed by atoms with Crippen molar-refractivity contribution in [3.05, 3.63) is 17.9 Å². The molecule has 1 aromatic heterocycles. The number of carboxylic acid groups (broad SMARTS) is 1. The van der Waals surface area contributed by atoms with Crippen molar-refractivity contribution in [3.63, 3.8) is 0 Å². The van der Waals surface area contributed by atoms with Crippen molar-refractivity contribution in [2.75, 3.05) is 0 Å². The molecule has 1 aliphatic carbocycles. The first-order valence-corrected chi connectivity index (χ1v) is 6.68. The largest absolute Gasteiger partial charge is 0.475 e. The average Bonchev–Trinajstić information content (AvgIpc) is 2.63. The number of hydrogen-bond acceptors (Lipinski definition) is 4. The molecule has 0 bridgehead atoms. The molecule has 2 N–H and O–H groups in total. The van der Waals surface area contributed by atoms with Crippen molar-refractivity contribution >= 4 is 16.0 Å². The third-order valence-electron chi connectivity index (χ3n) is 2.89. The summed E-state index contributed by atoms with van der Waals surface area (Å²) in [5, 5.41) is 8.29. The Morgan fingerprint density at radius 2 is 2.12 bits per heavy atom. The van der Waals surface area contributed by atoms with Crippen LogP contribution < -0.4 is 4.72 Å². The average molecular weight is 259 g/mol. The van der Waals surface area contributed by atoms with E-state index in [0.29, 0.717) is 0 Å². The van der Waals surface area contributed by atoms with Gasteiger partial charge in [-0.05, 0) is 38.3 Å². The molecular formula is C10H13NO5S. The molecule has 0 spiro atoms. The molecule has 1 aromatic rings. The molecular weight excluding hydrogens is 246 g/mol. The zero-order chi connectivity index (χ0) is 12.7. The molecule has 1 fully saturated rings. The third kappa shape index (κ3) is 2.34. The minimum absolute atomic E-state index is 0.358. The monoisotopic (exact) mass is 259 g/mol. The third-order valence-corrected chi connectivity index (χ3v) is 4.41. The van der Waals surface area contributed by atoms with Gasteiger partial charge in [-0.1, -0.05) is 0 Å². The van der Waals surface area contributed by atoms with Crippen LogP contribution >= 0.6 is 0 Å². The van der Waals surface area contributed by atoms with E-state index in [1.54, 1.807) is 0 Å². The van der Waals surface area contributed by atoms with E-state index in [0.717, 1.165) is 31.4 Å². The van der Waals surface area contributed by atoms with Crippen LogP contribution in [0.4, 0.5) is 0 Å². The molecule has 0 aromatic carbocycles. The summed E-state index contributed by atoms with van der Waals surface area (Å²) in [5.41, 5.74) is -0.436. The predicted octanol–water partition coefficient (Wildman–Crippen LogP) is 1.20. The van der Waals surface area contributed by atoms with Gasteiger partial charge in [-0.25, -0.2) is 17.9 Å². The zero-order valence-corrected chi connectivity index (χ0v) is 10.1. The van der Waals surface area contributed by atoms with Crippen LogP contribution in [0.3, 0.4) is 0 Å².